The smallest absolute Gasteiger partial charge is 0.277 e. The Bertz CT molecular complexity index is 1990. The van der Waals surface area contributed by atoms with Crippen LogP contribution < -0.4 is 4.72 Å². The van der Waals surface area contributed by atoms with Crippen LogP contribution in [0.3, 0.4) is 0 Å². The number of fused-ring (bicyclic) bond motifs is 1. The Hall–Kier alpha value is -3.95. The Labute approximate surface area is 266 Å². The second-order valence-electron chi connectivity index (χ2n) is 12.1. The van der Waals surface area contributed by atoms with Crippen LogP contribution in [0, 0.1) is 11.6 Å². The first-order valence-corrected chi connectivity index (χ1v) is 17.0. The number of rotatable bonds is 6. The van der Waals surface area contributed by atoms with Crippen molar-refractivity contribution in [3.8, 4) is 16.3 Å². The minimum atomic E-state index is -3.87. The molecule has 0 spiro atoms. The molecule has 45 heavy (non-hydrogen) atoms. The van der Waals surface area contributed by atoms with Crippen LogP contribution in [0.5, 0.6) is 0 Å². The number of aromatic amines is 1. The number of halogens is 3. The van der Waals surface area contributed by atoms with E-state index in [0.29, 0.717) is 46.9 Å². The van der Waals surface area contributed by atoms with Gasteiger partial charge in [0.05, 0.1) is 51.7 Å². The fourth-order valence-corrected chi connectivity index (χ4v) is 7.22. The van der Waals surface area contributed by atoms with Gasteiger partial charge in [0.25, 0.3) is 5.91 Å². The summed E-state index contributed by atoms with van der Waals surface area (Å²) in [6.07, 6.45) is 7.01. The maximum atomic E-state index is 15.7. The number of hydrogen-bond donors (Lipinski definition) is 2. The third-order valence-electron chi connectivity index (χ3n) is 7.76. The van der Waals surface area contributed by atoms with Gasteiger partial charge >= 0.3 is 0 Å². The van der Waals surface area contributed by atoms with Crippen LogP contribution in [0.25, 0.3) is 21.8 Å². The molecule has 4 aromatic rings. The molecular weight excluding hydrogens is 648 g/mol. The quantitative estimate of drug-likeness (QED) is 0.288. The number of thiophene rings is 1. The van der Waals surface area contributed by atoms with E-state index >= 15 is 4.39 Å². The summed E-state index contributed by atoms with van der Waals surface area (Å²) in [4.78, 5) is 35.1. The first-order chi connectivity index (χ1) is 21.1. The number of carbonyl (C=O) groups is 2. The highest BCUT2D eigenvalue weighted by molar-refractivity contribution is 7.89. The third-order valence-corrected chi connectivity index (χ3v) is 9.75. The minimum Gasteiger partial charge on any atom is -0.340 e. The molecule has 1 aromatic carbocycles. The summed E-state index contributed by atoms with van der Waals surface area (Å²) in [5, 5.41) is 8.41. The maximum Gasteiger partial charge on any atom is 0.277 e. The van der Waals surface area contributed by atoms with Crippen molar-refractivity contribution in [3.63, 3.8) is 0 Å². The molecule has 1 fully saturated rings. The van der Waals surface area contributed by atoms with E-state index in [1.165, 1.54) is 23.0 Å². The van der Waals surface area contributed by atoms with Gasteiger partial charge < -0.3 is 9.88 Å². The van der Waals surface area contributed by atoms with Crippen LogP contribution in [0.2, 0.25) is 5.02 Å². The van der Waals surface area contributed by atoms with Gasteiger partial charge in [0.1, 0.15) is 16.5 Å². The molecule has 2 N–H and O–H groups in total. The van der Waals surface area contributed by atoms with Gasteiger partial charge in [-0.15, -0.1) is 16.4 Å². The Kier molecular flexibility index (Phi) is 7.68. The largest absolute Gasteiger partial charge is 0.340 e. The van der Waals surface area contributed by atoms with Gasteiger partial charge in [0.2, 0.25) is 15.9 Å². The van der Waals surface area contributed by atoms with Crippen molar-refractivity contribution in [1.29, 1.82) is 0 Å². The predicted molar refractivity (Wildman–Crippen MR) is 164 cm³/mol. The minimum absolute atomic E-state index is 0.0740. The second-order valence-corrected chi connectivity index (χ2v) is 15.3. The van der Waals surface area contributed by atoms with Gasteiger partial charge in [0.15, 0.2) is 5.82 Å². The molecule has 5 heterocycles. The number of sulfonamides is 1. The topological polar surface area (TPSA) is 143 Å². The van der Waals surface area contributed by atoms with Crippen molar-refractivity contribution < 1.29 is 26.8 Å². The molecule has 0 radical (unpaired) electrons. The van der Waals surface area contributed by atoms with Crippen LogP contribution >= 0.6 is 22.9 Å². The maximum absolute atomic E-state index is 15.7. The van der Waals surface area contributed by atoms with Crippen molar-refractivity contribution >= 4 is 50.3 Å². The Morgan fingerprint density at radius 3 is 2.67 bits per heavy atom. The van der Waals surface area contributed by atoms with E-state index < -0.39 is 33.6 Å². The molecule has 236 valence electrons. The van der Waals surface area contributed by atoms with E-state index in [1.54, 1.807) is 21.9 Å². The SMILES string of the molecule is CC(C)(C)c1cn(-c2ccc(Cl)c(F)c2C2=CC(=O)N3[C@H](CC[C@H]3c3ncc(-c4cc(F)c(C(=O)NS(C)(=O)=O)s4)[nH]3)C2)nn1. The van der Waals surface area contributed by atoms with Gasteiger partial charge in [-0.25, -0.2) is 31.6 Å². The lowest BCUT2D eigenvalue weighted by Crippen LogP contribution is -2.39. The number of nitrogens with one attached hydrogen (secondary N) is 2. The molecule has 0 bridgehead atoms. The lowest BCUT2D eigenvalue weighted by atomic mass is 9.92. The molecule has 2 amide bonds. The molecular formula is C29H28ClF2N7O4S2. The summed E-state index contributed by atoms with van der Waals surface area (Å²) in [5.41, 5.74) is 1.97. The van der Waals surface area contributed by atoms with Gasteiger partial charge in [-0.1, -0.05) is 37.6 Å². The van der Waals surface area contributed by atoms with Crippen LogP contribution in [0.1, 0.15) is 72.8 Å². The zero-order valence-corrected chi connectivity index (χ0v) is 26.9. The molecule has 11 nitrogen and oxygen atoms in total. The van der Waals surface area contributed by atoms with Crippen molar-refractivity contribution in [1.82, 2.24) is 34.6 Å². The van der Waals surface area contributed by atoms with Crippen LogP contribution in [0.15, 0.2) is 36.7 Å². The Morgan fingerprint density at radius 1 is 1.22 bits per heavy atom. The molecule has 2 aliphatic rings. The zero-order chi connectivity index (χ0) is 32.4. The molecule has 2 aliphatic heterocycles. The highest BCUT2D eigenvalue weighted by Crippen LogP contribution is 2.44. The summed E-state index contributed by atoms with van der Waals surface area (Å²) in [6, 6.07) is 3.57. The summed E-state index contributed by atoms with van der Waals surface area (Å²) in [5.74, 6) is -2.43. The third kappa shape index (κ3) is 5.91. The normalized spacial score (nSPS) is 18.7. The first-order valence-electron chi connectivity index (χ1n) is 13.9. The van der Waals surface area contributed by atoms with Gasteiger partial charge in [-0.2, -0.15) is 0 Å². The highest BCUT2D eigenvalue weighted by atomic mass is 35.5. The van der Waals surface area contributed by atoms with Crippen LogP contribution in [-0.4, -0.2) is 62.4 Å². The monoisotopic (exact) mass is 675 g/mol. The van der Waals surface area contributed by atoms with Crippen molar-refractivity contribution in [2.45, 2.75) is 57.5 Å². The number of carbonyl (C=O) groups excluding carboxylic acids is 2. The van der Waals surface area contributed by atoms with Gasteiger partial charge in [-0.05, 0) is 43.0 Å². The van der Waals surface area contributed by atoms with Crippen molar-refractivity contribution in [2.24, 2.45) is 0 Å². The van der Waals surface area contributed by atoms with E-state index in [0.717, 1.165) is 29.4 Å². The number of aromatic nitrogens is 5. The van der Waals surface area contributed by atoms with E-state index in [-0.39, 0.29) is 32.8 Å². The standard InChI is InChI=1S/C29H28ClF2N7O4S2/c1-29(2,3)22-13-38(37-35-22)19-8-6-16(30)25(32)24(19)14-9-15-5-7-20(39(15)23(40)10-14)27-33-12-18(34-27)21-11-17(31)26(44-21)28(41)36-45(4,42)43/h6,8,10-13,15,20H,5,7,9H2,1-4H3,(H,33,34)(H,36,41)/t15-,20+/m1/s1. The number of benzene rings is 1. The lowest BCUT2D eigenvalue weighted by molar-refractivity contribution is -0.129. The van der Waals surface area contributed by atoms with E-state index in [4.69, 9.17) is 11.6 Å². The lowest BCUT2D eigenvalue weighted by Gasteiger charge is -2.33. The number of H-pyrrole nitrogens is 1. The fourth-order valence-electron chi connectivity index (χ4n) is 5.66. The second kappa shape index (κ2) is 11.1. The van der Waals surface area contributed by atoms with Crippen LogP contribution in [0.4, 0.5) is 8.78 Å². The molecule has 0 saturated carbocycles. The first kappa shape index (κ1) is 31.0. The van der Waals surface area contributed by atoms with Crippen molar-refractivity contribution in [3.05, 3.63) is 75.3 Å². The molecule has 16 heteroatoms. The van der Waals surface area contributed by atoms with E-state index in [1.807, 2.05) is 20.8 Å². The number of imidazole rings is 1. The average Bonchev–Trinajstić information content (AvgIpc) is 3.74. The molecule has 0 unspecified atom stereocenters. The highest BCUT2D eigenvalue weighted by Gasteiger charge is 2.42. The number of hydrogen-bond acceptors (Lipinski definition) is 8. The fraction of sp³-hybridized carbons (Fsp3) is 0.345. The number of amides is 2. The number of nitrogens with zero attached hydrogens (tertiary/aromatic N) is 5. The van der Waals surface area contributed by atoms with E-state index in [9.17, 15) is 22.4 Å². The summed E-state index contributed by atoms with van der Waals surface area (Å²) in [7, 11) is -3.87. The van der Waals surface area contributed by atoms with E-state index in [2.05, 4.69) is 20.3 Å². The van der Waals surface area contributed by atoms with Gasteiger partial charge in [0, 0.05) is 23.1 Å². The summed E-state index contributed by atoms with van der Waals surface area (Å²) < 4.78 is 56.3. The zero-order valence-electron chi connectivity index (χ0n) is 24.6. The molecule has 6 rings (SSSR count). The molecule has 3 aromatic heterocycles. The molecule has 1 saturated heterocycles. The molecule has 0 aliphatic carbocycles. The summed E-state index contributed by atoms with van der Waals surface area (Å²) in [6.45, 7) is 5.99. The predicted octanol–water partition coefficient (Wildman–Crippen LogP) is 5.16. The Balaban J connectivity index is 1.28. The summed E-state index contributed by atoms with van der Waals surface area (Å²) >= 11 is 6.98. The van der Waals surface area contributed by atoms with Crippen LogP contribution in [-0.2, 0) is 20.2 Å². The average molecular weight is 676 g/mol. The Morgan fingerprint density at radius 2 is 1.98 bits per heavy atom. The molecule has 2 atom stereocenters. The van der Waals surface area contributed by atoms with Gasteiger partial charge in [-0.3, -0.25) is 9.59 Å². The van der Waals surface area contributed by atoms with Crippen molar-refractivity contribution in [2.75, 3.05) is 6.26 Å².